The van der Waals surface area contributed by atoms with Crippen LogP contribution in [0.3, 0.4) is 0 Å². The van der Waals surface area contributed by atoms with Crippen LogP contribution in [-0.4, -0.2) is 18.3 Å². The number of halogens is 14. The van der Waals surface area contributed by atoms with Crippen molar-refractivity contribution < 1.29 is 57.1 Å². The lowest BCUT2D eigenvalue weighted by Gasteiger charge is -2.37. The SMILES string of the molecule is Cc1[c]c(Br)c(-c2ccc(F)c(C(F)(F)F)c2)c(C(F)(C(F)(F)F)C(F)(F)C(F)(F)F)c1. The molecule has 0 aromatic heterocycles. The summed E-state index contributed by atoms with van der Waals surface area (Å²) in [6.07, 6.45) is -19.4. The van der Waals surface area contributed by atoms with Crippen LogP contribution in [0.1, 0.15) is 16.7 Å². The summed E-state index contributed by atoms with van der Waals surface area (Å²) in [5.41, 5.74) is -14.0. The summed E-state index contributed by atoms with van der Waals surface area (Å²) in [5, 5.41) is 0. The zero-order valence-electron chi connectivity index (χ0n) is 15.1. The minimum Gasteiger partial charge on any atom is -0.221 e. The topological polar surface area (TPSA) is 0 Å². The lowest BCUT2D eigenvalue weighted by Crippen LogP contribution is -2.60. The fraction of sp³-hybridized carbons (Fsp3) is 0.333. The molecular formula is C18H7BrF13. The lowest BCUT2D eigenvalue weighted by atomic mass is 9.81. The van der Waals surface area contributed by atoms with Crippen molar-refractivity contribution in [2.24, 2.45) is 0 Å². The van der Waals surface area contributed by atoms with Gasteiger partial charge in [0, 0.05) is 21.7 Å². The monoisotopic (exact) mass is 549 g/mol. The Bertz CT molecular complexity index is 1020. The third-order valence-electron chi connectivity index (χ3n) is 4.27. The minimum absolute atomic E-state index is 0.0517. The molecule has 0 aliphatic carbocycles. The Hall–Kier alpha value is -1.99. The number of aryl methyl sites for hydroxylation is 1. The van der Waals surface area contributed by atoms with Crippen LogP contribution < -0.4 is 0 Å². The van der Waals surface area contributed by atoms with Gasteiger partial charge in [0.05, 0.1) is 5.56 Å². The second kappa shape index (κ2) is 7.80. The largest absolute Gasteiger partial charge is 0.457 e. The highest BCUT2D eigenvalue weighted by molar-refractivity contribution is 9.10. The Kier molecular flexibility index (Phi) is 6.40. The Morgan fingerprint density at radius 1 is 0.750 bits per heavy atom. The van der Waals surface area contributed by atoms with Crippen LogP contribution in [0.2, 0.25) is 0 Å². The molecule has 0 N–H and O–H groups in total. The molecule has 0 nitrogen and oxygen atoms in total. The van der Waals surface area contributed by atoms with Crippen molar-refractivity contribution >= 4 is 15.9 Å². The van der Waals surface area contributed by atoms with Crippen LogP contribution in [0.15, 0.2) is 28.7 Å². The van der Waals surface area contributed by atoms with Crippen molar-refractivity contribution in [1.82, 2.24) is 0 Å². The zero-order valence-corrected chi connectivity index (χ0v) is 16.7. The molecule has 0 saturated heterocycles. The summed E-state index contributed by atoms with van der Waals surface area (Å²) in [7, 11) is 0. The predicted molar refractivity (Wildman–Crippen MR) is 88.0 cm³/mol. The Labute approximate surface area is 179 Å². The zero-order chi connectivity index (χ0) is 25.1. The molecule has 0 fully saturated rings. The van der Waals surface area contributed by atoms with Gasteiger partial charge in [-0.3, -0.25) is 0 Å². The molecule has 2 rings (SSSR count). The van der Waals surface area contributed by atoms with E-state index in [-0.39, 0.29) is 18.2 Å². The third kappa shape index (κ3) is 4.17. The molecule has 1 radical (unpaired) electrons. The van der Waals surface area contributed by atoms with E-state index >= 15 is 4.39 Å². The van der Waals surface area contributed by atoms with Gasteiger partial charge in [-0.2, -0.15) is 48.3 Å². The van der Waals surface area contributed by atoms with E-state index in [0.717, 1.165) is 6.92 Å². The first kappa shape index (κ1) is 26.3. The van der Waals surface area contributed by atoms with E-state index < -0.39 is 68.2 Å². The molecule has 0 bridgehead atoms. The van der Waals surface area contributed by atoms with Gasteiger partial charge in [0.1, 0.15) is 5.82 Å². The van der Waals surface area contributed by atoms with E-state index in [9.17, 15) is 52.7 Å². The molecule has 14 heteroatoms. The average Bonchev–Trinajstić information content (AvgIpc) is 2.58. The van der Waals surface area contributed by atoms with Gasteiger partial charge in [0.25, 0.3) is 0 Å². The lowest BCUT2D eigenvalue weighted by molar-refractivity contribution is -0.389. The summed E-state index contributed by atoms with van der Waals surface area (Å²) in [6, 6.07) is 2.39. The summed E-state index contributed by atoms with van der Waals surface area (Å²) < 4.78 is 174. The van der Waals surface area contributed by atoms with E-state index in [1.807, 2.05) is 0 Å². The molecule has 0 saturated carbocycles. The van der Waals surface area contributed by atoms with Gasteiger partial charge >= 0.3 is 30.1 Å². The molecule has 2 aromatic rings. The van der Waals surface area contributed by atoms with Crippen molar-refractivity contribution in [2.45, 2.75) is 37.0 Å². The van der Waals surface area contributed by atoms with Crippen LogP contribution >= 0.6 is 15.9 Å². The molecule has 32 heavy (non-hydrogen) atoms. The maximum absolute atomic E-state index is 15.1. The number of hydrogen-bond donors (Lipinski definition) is 0. The van der Waals surface area contributed by atoms with Crippen molar-refractivity contribution in [3.8, 4) is 11.1 Å². The Morgan fingerprint density at radius 2 is 1.28 bits per heavy atom. The second-order valence-corrected chi connectivity index (χ2v) is 7.27. The smallest absolute Gasteiger partial charge is 0.221 e. The molecule has 0 amide bonds. The van der Waals surface area contributed by atoms with Crippen LogP contribution in [0.25, 0.3) is 11.1 Å². The first-order valence-electron chi connectivity index (χ1n) is 7.96. The quantitative estimate of drug-likeness (QED) is 0.338. The van der Waals surface area contributed by atoms with Crippen LogP contribution in [0, 0.1) is 18.8 Å². The van der Waals surface area contributed by atoms with Crippen molar-refractivity contribution in [1.29, 1.82) is 0 Å². The number of benzene rings is 2. The highest BCUT2D eigenvalue weighted by atomic mass is 79.9. The molecule has 0 aliphatic rings. The van der Waals surface area contributed by atoms with Gasteiger partial charge in [0.2, 0.25) is 0 Å². The van der Waals surface area contributed by atoms with Crippen molar-refractivity contribution in [3.63, 3.8) is 0 Å². The van der Waals surface area contributed by atoms with E-state index in [1.54, 1.807) is 0 Å². The number of hydrogen-bond acceptors (Lipinski definition) is 0. The third-order valence-corrected chi connectivity index (χ3v) is 4.86. The maximum atomic E-state index is 15.1. The van der Waals surface area contributed by atoms with E-state index in [2.05, 4.69) is 22.0 Å². The van der Waals surface area contributed by atoms with Gasteiger partial charge in [-0.15, -0.1) is 0 Å². The molecule has 1 unspecified atom stereocenters. The van der Waals surface area contributed by atoms with Crippen LogP contribution in [0.5, 0.6) is 0 Å². The normalized spacial score (nSPS) is 15.6. The maximum Gasteiger partial charge on any atom is 0.457 e. The molecule has 0 heterocycles. The van der Waals surface area contributed by atoms with Gasteiger partial charge < -0.3 is 0 Å². The fourth-order valence-corrected chi connectivity index (χ4v) is 3.58. The van der Waals surface area contributed by atoms with E-state index in [0.29, 0.717) is 6.07 Å². The summed E-state index contributed by atoms with van der Waals surface area (Å²) in [6.45, 7) is 0.867. The molecular weight excluding hydrogens is 543 g/mol. The summed E-state index contributed by atoms with van der Waals surface area (Å²) in [5.74, 6) is -8.98. The molecule has 2 aromatic carbocycles. The highest BCUT2D eigenvalue weighted by Gasteiger charge is 2.82. The Balaban J connectivity index is 3.05. The standard InChI is InChI=1S/C18H7BrF13/c1-7-4-10(14(21,17(27,28)29)16(25,26)18(30,31)32)13(11(19)5-7)8-2-3-12(20)9(6-8)15(22,23)24/h2-4,6H,1H3. The molecule has 0 aliphatic heterocycles. The van der Waals surface area contributed by atoms with E-state index in [1.165, 1.54) is 0 Å². The van der Waals surface area contributed by atoms with E-state index in [4.69, 9.17) is 0 Å². The van der Waals surface area contributed by atoms with Gasteiger partial charge in [0.15, 0.2) is 0 Å². The number of alkyl halides is 12. The van der Waals surface area contributed by atoms with Crippen molar-refractivity contribution in [3.05, 3.63) is 57.3 Å². The molecule has 0 spiro atoms. The Morgan fingerprint density at radius 3 is 1.72 bits per heavy atom. The van der Waals surface area contributed by atoms with Gasteiger partial charge in [-0.05, 0) is 46.1 Å². The first-order chi connectivity index (χ1) is 14.2. The van der Waals surface area contributed by atoms with Gasteiger partial charge in [-0.1, -0.05) is 12.1 Å². The second-order valence-electron chi connectivity index (χ2n) is 6.48. The number of rotatable bonds is 3. The van der Waals surface area contributed by atoms with Gasteiger partial charge in [-0.25, -0.2) is 8.78 Å². The van der Waals surface area contributed by atoms with Crippen LogP contribution in [-0.2, 0) is 11.8 Å². The van der Waals surface area contributed by atoms with Crippen LogP contribution in [0.4, 0.5) is 57.1 Å². The molecule has 1 atom stereocenters. The molecule has 177 valence electrons. The fourth-order valence-electron chi connectivity index (χ4n) is 2.83. The highest BCUT2D eigenvalue weighted by Crippen LogP contribution is 2.60. The summed E-state index contributed by atoms with van der Waals surface area (Å²) in [4.78, 5) is 0. The minimum atomic E-state index is -7.06. The summed E-state index contributed by atoms with van der Waals surface area (Å²) >= 11 is 2.51. The first-order valence-corrected chi connectivity index (χ1v) is 8.75. The average molecular weight is 550 g/mol. The predicted octanol–water partition coefficient (Wildman–Crippen LogP) is 8.31. The van der Waals surface area contributed by atoms with Crippen molar-refractivity contribution in [2.75, 3.05) is 0 Å².